The van der Waals surface area contributed by atoms with E-state index >= 15 is 0 Å². The quantitative estimate of drug-likeness (QED) is 0.376. The molecule has 34 valence electrons. The molecule has 0 aliphatic carbocycles. The maximum Gasteiger partial charge on any atom is 0.327 e. The lowest BCUT2D eigenvalue weighted by Crippen LogP contribution is -1.80. The SMILES string of the molecule is O=[PH+]CC1CO1. The van der Waals surface area contributed by atoms with E-state index in [1.165, 1.54) is 0 Å². The van der Waals surface area contributed by atoms with Crippen LogP contribution < -0.4 is 0 Å². The second kappa shape index (κ2) is 1.67. The van der Waals surface area contributed by atoms with Gasteiger partial charge in [0, 0.05) is 0 Å². The number of rotatable bonds is 2. The van der Waals surface area contributed by atoms with Crippen LogP contribution in [-0.4, -0.2) is 18.9 Å². The third-order valence-electron chi connectivity index (χ3n) is 0.713. The number of ether oxygens (including phenoxy) is 1. The molecule has 2 nitrogen and oxygen atoms in total. The summed E-state index contributed by atoms with van der Waals surface area (Å²) in [4.78, 5) is 0. The van der Waals surface area contributed by atoms with Crippen molar-refractivity contribution in [2.24, 2.45) is 0 Å². The van der Waals surface area contributed by atoms with Gasteiger partial charge >= 0.3 is 8.46 Å². The van der Waals surface area contributed by atoms with E-state index in [0.717, 1.165) is 12.8 Å². The van der Waals surface area contributed by atoms with Gasteiger partial charge in [0.1, 0.15) is 6.10 Å². The fourth-order valence-electron chi connectivity index (χ4n) is 0.279. The average molecular weight is 105 g/mol. The molecular weight excluding hydrogens is 99.0 g/mol. The largest absolute Gasteiger partial charge is 0.369 e. The highest BCUT2D eigenvalue weighted by molar-refractivity contribution is 7.23. The molecule has 6 heavy (non-hydrogen) atoms. The third kappa shape index (κ3) is 1.04. The summed E-state index contributed by atoms with van der Waals surface area (Å²) in [5.41, 5.74) is 0. The highest BCUT2D eigenvalue weighted by atomic mass is 31.1. The van der Waals surface area contributed by atoms with Gasteiger partial charge in [0.05, 0.1) is 6.61 Å². The minimum atomic E-state index is -0.174. The summed E-state index contributed by atoms with van der Waals surface area (Å²) in [7, 11) is -0.174. The van der Waals surface area contributed by atoms with E-state index in [1.807, 2.05) is 0 Å². The Bertz CT molecular complexity index is 59.8. The van der Waals surface area contributed by atoms with Crippen LogP contribution in [0.1, 0.15) is 0 Å². The normalized spacial score (nSPS) is 31.0. The second-order valence-corrected chi connectivity index (χ2v) is 2.00. The Kier molecular flexibility index (Phi) is 1.18. The highest BCUT2D eigenvalue weighted by Crippen LogP contribution is 2.12. The lowest BCUT2D eigenvalue weighted by molar-refractivity contribution is 0.424. The smallest absolute Gasteiger partial charge is 0.327 e. The molecule has 0 aromatic carbocycles. The molecule has 0 spiro atoms. The lowest BCUT2D eigenvalue weighted by atomic mass is 10.6. The Morgan fingerprint density at radius 1 is 2.00 bits per heavy atom. The molecule has 0 N–H and O–H groups in total. The van der Waals surface area contributed by atoms with Gasteiger partial charge in [0.25, 0.3) is 0 Å². The van der Waals surface area contributed by atoms with Gasteiger partial charge in [-0.1, -0.05) is 4.57 Å². The Hall–Kier alpha value is 0.0600. The monoisotopic (exact) mass is 105 g/mol. The van der Waals surface area contributed by atoms with E-state index < -0.39 is 0 Å². The van der Waals surface area contributed by atoms with Gasteiger partial charge in [0.2, 0.25) is 0 Å². The summed E-state index contributed by atoms with van der Waals surface area (Å²) in [5.74, 6) is 0. The molecule has 1 heterocycles. The summed E-state index contributed by atoms with van der Waals surface area (Å²) in [6, 6.07) is 0. The third-order valence-corrected chi connectivity index (χ3v) is 1.34. The van der Waals surface area contributed by atoms with Gasteiger partial charge in [-0.05, 0) is 0 Å². The summed E-state index contributed by atoms with van der Waals surface area (Å²) in [6.45, 7) is 0.829. The fraction of sp³-hybridized carbons (Fsp3) is 1.00. The minimum absolute atomic E-state index is 0.174. The lowest BCUT2D eigenvalue weighted by Gasteiger charge is -1.60. The average Bonchev–Trinajstić information content (AvgIpc) is 2.21. The van der Waals surface area contributed by atoms with Crippen LogP contribution in [0.4, 0.5) is 0 Å². The van der Waals surface area contributed by atoms with Gasteiger partial charge in [0.15, 0.2) is 6.16 Å². The molecule has 0 aromatic rings. The van der Waals surface area contributed by atoms with Crippen molar-refractivity contribution >= 4 is 8.46 Å². The van der Waals surface area contributed by atoms with Crippen LogP contribution in [0.3, 0.4) is 0 Å². The Morgan fingerprint density at radius 2 is 2.67 bits per heavy atom. The maximum atomic E-state index is 9.73. The van der Waals surface area contributed by atoms with Gasteiger partial charge in [-0.15, -0.1) is 0 Å². The molecule has 2 unspecified atom stereocenters. The van der Waals surface area contributed by atoms with Gasteiger partial charge in [-0.3, -0.25) is 0 Å². The predicted molar refractivity (Wildman–Crippen MR) is 23.6 cm³/mol. The first-order chi connectivity index (χ1) is 2.93. The first-order valence-electron chi connectivity index (χ1n) is 1.90. The molecule has 0 aromatic heterocycles. The van der Waals surface area contributed by atoms with Crippen LogP contribution in [-0.2, 0) is 9.30 Å². The van der Waals surface area contributed by atoms with Crippen LogP contribution in [0.15, 0.2) is 0 Å². The zero-order chi connectivity index (χ0) is 4.41. The predicted octanol–water partition coefficient (Wildman–Crippen LogP) is 0.409. The first-order valence-corrected chi connectivity index (χ1v) is 3.01. The van der Waals surface area contributed by atoms with Crippen LogP contribution in [0, 0.1) is 0 Å². The molecule has 0 bridgehead atoms. The molecule has 1 saturated heterocycles. The van der Waals surface area contributed by atoms with Crippen molar-refractivity contribution < 1.29 is 9.30 Å². The number of hydrogen-bond donors (Lipinski definition) is 0. The molecule has 0 amide bonds. The topological polar surface area (TPSA) is 29.6 Å². The zero-order valence-electron chi connectivity index (χ0n) is 3.31. The molecule has 2 atom stereocenters. The molecule has 1 rings (SSSR count). The summed E-state index contributed by atoms with van der Waals surface area (Å²) in [6.07, 6.45) is 1.08. The maximum absolute atomic E-state index is 9.73. The van der Waals surface area contributed by atoms with E-state index in [9.17, 15) is 4.57 Å². The molecular formula is C3H6O2P+. The zero-order valence-corrected chi connectivity index (χ0v) is 4.31. The van der Waals surface area contributed by atoms with Crippen LogP contribution in [0.25, 0.3) is 0 Å². The van der Waals surface area contributed by atoms with E-state index in [0.29, 0.717) is 6.10 Å². The van der Waals surface area contributed by atoms with Crippen molar-refractivity contribution in [1.82, 2.24) is 0 Å². The van der Waals surface area contributed by atoms with Crippen LogP contribution >= 0.6 is 8.46 Å². The Morgan fingerprint density at radius 3 is 2.83 bits per heavy atom. The van der Waals surface area contributed by atoms with E-state index in [1.54, 1.807) is 0 Å². The van der Waals surface area contributed by atoms with Crippen molar-refractivity contribution in [3.05, 3.63) is 0 Å². The fourth-order valence-corrected chi connectivity index (χ4v) is 0.700. The van der Waals surface area contributed by atoms with Crippen LogP contribution in [0.5, 0.6) is 0 Å². The standard InChI is InChI=1S/C3H5O2P/c4-6-2-3-1-5-3/h3H,1-2H2/p+1. The van der Waals surface area contributed by atoms with Crippen LogP contribution in [0.2, 0.25) is 0 Å². The Labute approximate surface area is 37.7 Å². The van der Waals surface area contributed by atoms with E-state index in [2.05, 4.69) is 0 Å². The van der Waals surface area contributed by atoms with Crippen molar-refractivity contribution in [2.75, 3.05) is 12.8 Å². The molecule has 0 saturated carbocycles. The molecule has 1 fully saturated rings. The van der Waals surface area contributed by atoms with Gasteiger partial charge < -0.3 is 4.74 Å². The Balaban J connectivity index is 2.00. The van der Waals surface area contributed by atoms with Crippen molar-refractivity contribution in [3.8, 4) is 0 Å². The van der Waals surface area contributed by atoms with Gasteiger partial charge in [-0.2, -0.15) is 0 Å². The summed E-state index contributed by atoms with van der Waals surface area (Å²) >= 11 is 0. The first kappa shape index (κ1) is 4.23. The number of hydrogen-bond acceptors (Lipinski definition) is 2. The highest BCUT2D eigenvalue weighted by Gasteiger charge is 2.25. The molecule has 1 aliphatic rings. The molecule has 0 radical (unpaired) electrons. The second-order valence-electron chi connectivity index (χ2n) is 1.30. The number of epoxide rings is 1. The van der Waals surface area contributed by atoms with Crippen molar-refractivity contribution in [1.29, 1.82) is 0 Å². The molecule has 3 heteroatoms. The van der Waals surface area contributed by atoms with Crippen molar-refractivity contribution in [2.45, 2.75) is 6.10 Å². The van der Waals surface area contributed by atoms with E-state index in [-0.39, 0.29) is 8.46 Å². The summed E-state index contributed by atoms with van der Waals surface area (Å²) < 4.78 is 14.5. The van der Waals surface area contributed by atoms with E-state index in [4.69, 9.17) is 4.74 Å². The van der Waals surface area contributed by atoms with Crippen molar-refractivity contribution in [3.63, 3.8) is 0 Å². The minimum Gasteiger partial charge on any atom is -0.369 e. The summed E-state index contributed by atoms with van der Waals surface area (Å²) in [5, 5.41) is 0. The molecule has 1 aliphatic heterocycles. The van der Waals surface area contributed by atoms with Gasteiger partial charge in [-0.25, -0.2) is 0 Å².